The Morgan fingerprint density at radius 3 is 2.20 bits per heavy atom. The predicted molar refractivity (Wildman–Crippen MR) is 84.8 cm³/mol. The highest BCUT2D eigenvalue weighted by molar-refractivity contribution is 5.29. The van der Waals surface area contributed by atoms with Crippen molar-refractivity contribution < 1.29 is 5.11 Å². The lowest BCUT2D eigenvalue weighted by Crippen LogP contribution is -2.18. The standard InChI is InChI=1S/C19H24O/c1-4-15(3)18(16-10-6-5-7-11-16)19(20)17-12-8-9-14(2)13-17/h5-13,15,18-20H,4H2,1-3H3. The Labute approximate surface area is 122 Å². The van der Waals surface area contributed by atoms with Gasteiger partial charge in [-0.05, 0) is 24.0 Å². The Hall–Kier alpha value is -1.60. The Balaban J connectivity index is 2.36. The van der Waals surface area contributed by atoms with E-state index in [9.17, 15) is 5.11 Å². The monoisotopic (exact) mass is 268 g/mol. The third-order valence-electron chi connectivity index (χ3n) is 4.17. The molecule has 0 aliphatic carbocycles. The van der Waals surface area contributed by atoms with Gasteiger partial charge in [0, 0.05) is 5.92 Å². The Morgan fingerprint density at radius 2 is 1.60 bits per heavy atom. The van der Waals surface area contributed by atoms with Crippen molar-refractivity contribution in [3.63, 3.8) is 0 Å². The fourth-order valence-electron chi connectivity index (χ4n) is 2.81. The molecule has 0 radical (unpaired) electrons. The molecule has 2 aromatic carbocycles. The number of hydrogen-bond acceptors (Lipinski definition) is 1. The summed E-state index contributed by atoms with van der Waals surface area (Å²) in [4.78, 5) is 0. The molecule has 0 spiro atoms. The Kier molecular flexibility index (Phi) is 4.97. The molecule has 20 heavy (non-hydrogen) atoms. The maximum Gasteiger partial charge on any atom is 0.0861 e. The summed E-state index contributed by atoms with van der Waals surface area (Å²) in [6.07, 6.45) is 0.606. The number of aliphatic hydroxyl groups excluding tert-OH is 1. The molecule has 0 saturated carbocycles. The van der Waals surface area contributed by atoms with Gasteiger partial charge in [0.1, 0.15) is 0 Å². The molecule has 2 aromatic rings. The Bertz CT molecular complexity index is 532. The molecule has 0 aliphatic rings. The van der Waals surface area contributed by atoms with E-state index in [1.54, 1.807) is 0 Å². The molecule has 0 heterocycles. The molecule has 1 heteroatoms. The highest BCUT2D eigenvalue weighted by Crippen LogP contribution is 2.38. The molecule has 0 amide bonds. The van der Waals surface area contributed by atoms with E-state index in [4.69, 9.17) is 0 Å². The van der Waals surface area contributed by atoms with Crippen LogP contribution in [0.3, 0.4) is 0 Å². The average molecular weight is 268 g/mol. The van der Waals surface area contributed by atoms with Crippen molar-refractivity contribution in [3.05, 3.63) is 71.3 Å². The SMILES string of the molecule is CCC(C)C(c1ccccc1)C(O)c1cccc(C)c1. The molecule has 3 atom stereocenters. The van der Waals surface area contributed by atoms with E-state index in [1.807, 2.05) is 30.3 Å². The number of aliphatic hydroxyl groups is 1. The van der Waals surface area contributed by atoms with Crippen LogP contribution in [0.2, 0.25) is 0 Å². The van der Waals surface area contributed by atoms with Crippen LogP contribution in [0, 0.1) is 12.8 Å². The summed E-state index contributed by atoms with van der Waals surface area (Å²) < 4.78 is 0. The molecule has 1 N–H and O–H groups in total. The highest BCUT2D eigenvalue weighted by Gasteiger charge is 2.27. The quantitative estimate of drug-likeness (QED) is 0.821. The van der Waals surface area contributed by atoms with E-state index in [-0.39, 0.29) is 5.92 Å². The summed E-state index contributed by atoms with van der Waals surface area (Å²) in [6, 6.07) is 18.6. The predicted octanol–water partition coefficient (Wildman–Crippen LogP) is 4.86. The highest BCUT2D eigenvalue weighted by atomic mass is 16.3. The zero-order valence-corrected chi connectivity index (χ0v) is 12.6. The van der Waals surface area contributed by atoms with Gasteiger partial charge in [-0.15, -0.1) is 0 Å². The summed E-state index contributed by atoms with van der Waals surface area (Å²) in [5.41, 5.74) is 3.42. The smallest absolute Gasteiger partial charge is 0.0861 e. The summed E-state index contributed by atoms with van der Waals surface area (Å²) in [7, 11) is 0. The minimum Gasteiger partial charge on any atom is -0.388 e. The van der Waals surface area contributed by atoms with Crippen LogP contribution in [-0.4, -0.2) is 5.11 Å². The lowest BCUT2D eigenvalue weighted by Gasteiger charge is -2.29. The average Bonchev–Trinajstić information content (AvgIpc) is 2.48. The first kappa shape index (κ1) is 14.8. The molecule has 106 valence electrons. The maximum absolute atomic E-state index is 10.9. The van der Waals surface area contributed by atoms with Crippen molar-refractivity contribution in [2.45, 2.75) is 39.2 Å². The van der Waals surface area contributed by atoms with Gasteiger partial charge in [0.05, 0.1) is 6.10 Å². The van der Waals surface area contributed by atoms with Crippen molar-refractivity contribution in [2.24, 2.45) is 5.92 Å². The largest absolute Gasteiger partial charge is 0.388 e. The van der Waals surface area contributed by atoms with Gasteiger partial charge in [0.25, 0.3) is 0 Å². The lowest BCUT2D eigenvalue weighted by atomic mass is 9.79. The zero-order valence-electron chi connectivity index (χ0n) is 12.6. The van der Waals surface area contributed by atoms with Gasteiger partial charge >= 0.3 is 0 Å². The van der Waals surface area contributed by atoms with E-state index in [2.05, 4.69) is 45.0 Å². The Morgan fingerprint density at radius 1 is 0.950 bits per heavy atom. The van der Waals surface area contributed by atoms with Crippen LogP contribution < -0.4 is 0 Å². The number of benzene rings is 2. The molecule has 1 nitrogen and oxygen atoms in total. The van der Waals surface area contributed by atoms with E-state index < -0.39 is 6.10 Å². The second-order valence-corrected chi connectivity index (χ2v) is 5.68. The van der Waals surface area contributed by atoms with Gasteiger partial charge in [-0.2, -0.15) is 0 Å². The van der Waals surface area contributed by atoms with Crippen molar-refractivity contribution >= 4 is 0 Å². The molecular formula is C19H24O. The number of rotatable bonds is 5. The molecule has 2 rings (SSSR count). The van der Waals surface area contributed by atoms with Crippen LogP contribution in [0.5, 0.6) is 0 Å². The van der Waals surface area contributed by atoms with Crippen molar-refractivity contribution in [2.75, 3.05) is 0 Å². The van der Waals surface area contributed by atoms with Crippen LogP contribution >= 0.6 is 0 Å². The first-order valence-corrected chi connectivity index (χ1v) is 7.43. The molecule has 0 aromatic heterocycles. The molecule has 0 aliphatic heterocycles. The van der Waals surface area contributed by atoms with Gasteiger partial charge in [0.15, 0.2) is 0 Å². The van der Waals surface area contributed by atoms with Crippen LogP contribution in [0.25, 0.3) is 0 Å². The number of hydrogen-bond donors (Lipinski definition) is 1. The fraction of sp³-hybridized carbons (Fsp3) is 0.368. The minimum atomic E-state index is -0.452. The molecule has 3 unspecified atom stereocenters. The molecule has 0 saturated heterocycles. The van der Waals surface area contributed by atoms with E-state index in [0.29, 0.717) is 5.92 Å². The summed E-state index contributed by atoms with van der Waals surface area (Å²) >= 11 is 0. The van der Waals surface area contributed by atoms with Gasteiger partial charge in [-0.1, -0.05) is 80.4 Å². The van der Waals surface area contributed by atoms with Gasteiger partial charge in [-0.25, -0.2) is 0 Å². The van der Waals surface area contributed by atoms with E-state index in [0.717, 1.165) is 12.0 Å². The summed E-state index contributed by atoms with van der Waals surface area (Å²) in [5, 5.41) is 10.9. The van der Waals surface area contributed by atoms with Crippen molar-refractivity contribution in [3.8, 4) is 0 Å². The minimum absolute atomic E-state index is 0.142. The van der Waals surface area contributed by atoms with Gasteiger partial charge in [-0.3, -0.25) is 0 Å². The first-order valence-electron chi connectivity index (χ1n) is 7.43. The van der Waals surface area contributed by atoms with E-state index >= 15 is 0 Å². The van der Waals surface area contributed by atoms with E-state index in [1.165, 1.54) is 11.1 Å². The van der Waals surface area contributed by atoms with Crippen LogP contribution in [0.15, 0.2) is 54.6 Å². The third kappa shape index (κ3) is 3.29. The second-order valence-electron chi connectivity index (χ2n) is 5.68. The molecule has 0 bridgehead atoms. The van der Waals surface area contributed by atoms with Crippen molar-refractivity contribution in [1.82, 2.24) is 0 Å². The zero-order chi connectivity index (χ0) is 14.5. The first-order chi connectivity index (χ1) is 9.63. The van der Waals surface area contributed by atoms with Crippen molar-refractivity contribution in [1.29, 1.82) is 0 Å². The fourth-order valence-corrected chi connectivity index (χ4v) is 2.81. The summed E-state index contributed by atoms with van der Waals surface area (Å²) in [5.74, 6) is 0.580. The lowest BCUT2D eigenvalue weighted by molar-refractivity contribution is 0.118. The van der Waals surface area contributed by atoms with Crippen LogP contribution in [0.1, 0.15) is 49.0 Å². The maximum atomic E-state index is 10.9. The second kappa shape index (κ2) is 6.71. The molecule has 0 fully saturated rings. The van der Waals surface area contributed by atoms with Gasteiger partial charge in [0.2, 0.25) is 0 Å². The topological polar surface area (TPSA) is 20.2 Å². The van der Waals surface area contributed by atoms with Gasteiger partial charge < -0.3 is 5.11 Å². The summed E-state index contributed by atoms with van der Waals surface area (Å²) in [6.45, 7) is 6.47. The molecular weight excluding hydrogens is 244 g/mol. The van der Waals surface area contributed by atoms with Crippen LogP contribution in [0.4, 0.5) is 0 Å². The number of aryl methyl sites for hydroxylation is 1. The normalized spacial score (nSPS) is 15.6. The van der Waals surface area contributed by atoms with Crippen LogP contribution in [-0.2, 0) is 0 Å². The third-order valence-corrected chi connectivity index (χ3v) is 4.17.